The molecule has 2 aliphatic rings. The summed E-state index contributed by atoms with van der Waals surface area (Å²) in [6, 6.07) is 0.661. The number of rotatable bonds is 1. The van der Waals surface area contributed by atoms with Crippen molar-refractivity contribution in [3.8, 4) is 0 Å². The molecule has 0 aromatic heterocycles. The van der Waals surface area contributed by atoms with Gasteiger partial charge in [0.2, 0.25) is 0 Å². The van der Waals surface area contributed by atoms with Gasteiger partial charge in [-0.2, -0.15) is 0 Å². The zero-order valence-corrected chi connectivity index (χ0v) is 7.72. The van der Waals surface area contributed by atoms with Crippen molar-refractivity contribution in [3.05, 3.63) is 23.8 Å². The van der Waals surface area contributed by atoms with Gasteiger partial charge in [-0.3, -0.25) is 0 Å². The van der Waals surface area contributed by atoms with Crippen molar-refractivity contribution in [2.45, 2.75) is 32.2 Å². The van der Waals surface area contributed by atoms with Gasteiger partial charge in [-0.05, 0) is 37.3 Å². The predicted octanol–water partition coefficient (Wildman–Crippen LogP) is 2.26. The first-order valence-electron chi connectivity index (χ1n) is 4.98. The van der Waals surface area contributed by atoms with Crippen LogP contribution in [0.4, 0.5) is 0 Å². The maximum absolute atomic E-state index is 3.52. The van der Waals surface area contributed by atoms with Crippen LogP contribution in [0.25, 0.3) is 0 Å². The highest BCUT2D eigenvalue weighted by Gasteiger charge is 2.18. The molecular formula is C11H17N. The van der Waals surface area contributed by atoms with Crippen LogP contribution in [-0.2, 0) is 0 Å². The summed E-state index contributed by atoms with van der Waals surface area (Å²) in [5.74, 6) is 0.746. The van der Waals surface area contributed by atoms with Crippen LogP contribution in [0.15, 0.2) is 23.8 Å². The van der Waals surface area contributed by atoms with Gasteiger partial charge in [0.15, 0.2) is 0 Å². The second kappa shape index (κ2) is 3.44. The van der Waals surface area contributed by atoms with E-state index < -0.39 is 0 Å². The van der Waals surface area contributed by atoms with Crippen LogP contribution in [0.2, 0.25) is 0 Å². The Morgan fingerprint density at radius 2 is 2.42 bits per heavy atom. The van der Waals surface area contributed by atoms with E-state index >= 15 is 0 Å². The molecule has 1 N–H and O–H groups in total. The normalized spacial score (nSPS) is 35.2. The molecule has 2 rings (SSSR count). The van der Waals surface area contributed by atoms with E-state index in [1.165, 1.54) is 31.4 Å². The Morgan fingerprint density at radius 3 is 3.00 bits per heavy atom. The molecule has 1 heterocycles. The van der Waals surface area contributed by atoms with Crippen LogP contribution in [0.3, 0.4) is 0 Å². The van der Waals surface area contributed by atoms with Crippen LogP contribution >= 0.6 is 0 Å². The van der Waals surface area contributed by atoms with Crippen LogP contribution in [0.1, 0.15) is 26.2 Å². The molecule has 66 valence electrons. The Labute approximate surface area is 74.5 Å². The Bertz CT molecular complexity index is 209. The van der Waals surface area contributed by atoms with Crippen LogP contribution in [0, 0.1) is 5.92 Å². The third-order valence-electron chi connectivity index (χ3n) is 2.81. The molecule has 1 aliphatic heterocycles. The molecule has 1 unspecified atom stereocenters. The monoisotopic (exact) mass is 163 g/mol. The van der Waals surface area contributed by atoms with E-state index in [1.807, 2.05) is 0 Å². The lowest BCUT2D eigenvalue weighted by molar-refractivity contribution is 0.668. The van der Waals surface area contributed by atoms with Gasteiger partial charge in [-0.25, -0.2) is 0 Å². The molecule has 0 bridgehead atoms. The van der Waals surface area contributed by atoms with Crippen molar-refractivity contribution in [1.82, 2.24) is 5.32 Å². The van der Waals surface area contributed by atoms with Gasteiger partial charge in [-0.1, -0.05) is 25.2 Å². The molecule has 1 nitrogen and oxygen atoms in total. The Kier molecular flexibility index (Phi) is 2.31. The first-order valence-corrected chi connectivity index (χ1v) is 4.98. The quantitative estimate of drug-likeness (QED) is 0.625. The van der Waals surface area contributed by atoms with Crippen LogP contribution in [-0.4, -0.2) is 12.6 Å². The Balaban J connectivity index is 2.00. The van der Waals surface area contributed by atoms with E-state index in [0.717, 1.165) is 5.92 Å². The Morgan fingerprint density at radius 1 is 1.50 bits per heavy atom. The lowest BCUT2D eigenvalue weighted by Crippen LogP contribution is -2.23. The van der Waals surface area contributed by atoms with Crippen molar-refractivity contribution in [2.24, 2.45) is 5.92 Å². The summed E-state index contributed by atoms with van der Waals surface area (Å²) in [6.45, 7) is 3.47. The van der Waals surface area contributed by atoms with Gasteiger partial charge in [-0.15, -0.1) is 0 Å². The number of hydrogen-bond acceptors (Lipinski definition) is 1. The van der Waals surface area contributed by atoms with Crippen molar-refractivity contribution < 1.29 is 0 Å². The molecule has 0 aromatic carbocycles. The molecule has 1 heteroatoms. The first-order chi connectivity index (χ1) is 5.86. The standard InChI is InChI=1S/C11H17N/c1-9-4-6-10(7-5-9)11-3-2-8-12-11/h4,6-7,9,11-12H,2-3,5,8H2,1H3/t9?,11-/m0/s1. The number of hydrogen-bond donors (Lipinski definition) is 1. The van der Waals surface area contributed by atoms with E-state index in [2.05, 4.69) is 30.5 Å². The van der Waals surface area contributed by atoms with E-state index in [4.69, 9.17) is 0 Å². The van der Waals surface area contributed by atoms with Gasteiger partial charge in [0.1, 0.15) is 0 Å². The summed E-state index contributed by atoms with van der Waals surface area (Å²) < 4.78 is 0. The maximum atomic E-state index is 3.52. The summed E-state index contributed by atoms with van der Waals surface area (Å²) in [7, 11) is 0. The molecule has 0 radical (unpaired) electrons. The van der Waals surface area contributed by atoms with Gasteiger partial charge in [0, 0.05) is 6.04 Å². The number of nitrogens with one attached hydrogen (secondary N) is 1. The average Bonchev–Trinajstić information content (AvgIpc) is 2.58. The fourth-order valence-electron chi connectivity index (χ4n) is 1.97. The summed E-state index contributed by atoms with van der Waals surface area (Å²) in [5, 5.41) is 3.52. The minimum Gasteiger partial charge on any atom is -0.310 e. The smallest absolute Gasteiger partial charge is 0.0317 e. The van der Waals surface area contributed by atoms with Crippen molar-refractivity contribution in [3.63, 3.8) is 0 Å². The average molecular weight is 163 g/mol. The molecule has 0 spiro atoms. The molecule has 1 saturated heterocycles. The van der Waals surface area contributed by atoms with Crippen molar-refractivity contribution in [2.75, 3.05) is 6.54 Å². The van der Waals surface area contributed by atoms with Gasteiger partial charge >= 0.3 is 0 Å². The van der Waals surface area contributed by atoms with Crippen LogP contribution < -0.4 is 5.32 Å². The molecule has 1 fully saturated rings. The topological polar surface area (TPSA) is 12.0 Å². The summed E-state index contributed by atoms with van der Waals surface area (Å²) in [6.07, 6.45) is 10.9. The summed E-state index contributed by atoms with van der Waals surface area (Å²) in [5.41, 5.74) is 1.52. The number of allylic oxidation sites excluding steroid dienone is 2. The first kappa shape index (κ1) is 8.06. The molecule has 1 aliphatic carbocycles. The molecular weight excluding hydrogens is 146 g/mol. The molecule has 0 saturated carbocycles. The highest BCUT2D eigenvalue weighted by molar-refractivity contribution is 5.29. The minimum absolute atomic E-state index is 0.661. The SMILES string of the molecule is CC1C=CC([C@@H]2CCCN2)=CC1. The third-order valence-corrected chi connectivity index (χ3v) is 2.81. The van der Waals surface area contributed by atoms with E-state index in [9.17, 15) is 0 Å². The molecule has 0 amide bonds. The molecule has 2 atom stereocenters. The lowest BCUT2D eigenvalue weighted by atomic mass is 9.94. The highest BCUT2D eigenvalue weighted by Crippen LogP contribution is 2.22. The zero-order valence-electron chi connectivity index (χ0n) is 7.72. The second-order valence-corrected chi connectivity index (χ2v) is 3.93. The van der Waals surface area contributed by atoms with Crippen LogP contribution in [0.5, 0.6) is 0 Å². The van der Waals surface area contributed by atoms with Crippen molar-refractivity contribution in [1.29, 1.82) is 0 Å². The van der Waals surface area contributed by atoms with E-state index in [0.29, 0.717) is 6.04 Å². The third kappa shape index (κ3) is 1.61. The van der Waals surface area contributed by atoms with Gasteiger partial charge < -0.3 is 5.32 Å². The summed E-state index contributed by atoms with van der Waals surface area (Å²) >= 11 is 0. The predicted molar refractivity (Wildman–Crippen MR) is 52.0 cm³/mol. The Hall–Kier alpha value is -0.560. The second-order valence-electron chi connectivity index (χ2n) is 3.93. The van der Waals surface area contributed by atoms with Crippen molar-refractivity contribution >= 4 is 0 Å². The maximum Gasteiger partial charge on any atom is 0.0317 e. The lowest BCUT2D eigenvalue weighted by Gasteiger charge is -2.17. The largest absolute Gasteiger partial charge is 0.310 e. The molecule has 0 aromatic rings. The van der Waals surface area contributed by atoms with Gasteiger partial charge in [0.05, 0.1) is 0 Å². The summed E-state index contributed by atoms with van der Waals surface area (Å²) in [4.78, 5) is 0. The minimum atomic E-state index is 0.661. The zero-order chi connectivity index (χ0) is 8.39. The fourth-order valence-corrected chi connectivity index (χ4v) is 1.97. The highest BCUT2D eigenvalue weighted by atomic mass is 14.9. The van der Waals surface area contributed by atoms with E-state index in [-0.39, 0.29) is 0 Å². The fraction of sp³-hybridized carbons (Fsp3) is 0.636. The molecule has 12 heavy (non-hydrogen) atoms. The van der Waals surface area contributed by atoms with E-state index in [1.54, 1.807) is 0 Å². The van der Waals surface area contributed by atoms with Gasteiger partial charge in [0.25, 0.3) is 0 Å².